The third-order valence-electron chi connectivity index (χ3n) is 3.64. The Morgan fingerprint density at radius 1 is 1.17 bits per heavy atom. The topological polar surface area (TPSA) is 66.8 Å². The number of aliphatic carboxylic acids is 1. The molecule has 0 saturated carbocycles. The van der Waals surface area contributed by atoms with Crippen molar-refractivity contribution in [1.29, 1.82) is 0 Å². The van der Waals surface area contributed by atoms with Crippen LogP contribution < -0.4 is 4.74 Å². The largest absolute Gasteiger partial charge is 0.497 e. The number of thioether (sulfide) groups is 1. The molecule has 0 radical (unpaired) electrons. The van der Waals surface area contributed by atoms with Crippen LogP contribution in [0.4, 0.5) is 0 Å². The van der Waals surface area contributed by atoms with Gasteiger partial charge in [0.25, 0.3) is 0 Å². The Morgan fingerprint density at radius 2 is 1.88 bits per heavy atom. The first-order valence-corrected chi connectivity index (χ1v) is 8.75. The van der Waals surface area contributed by atoms with Gasteiger partial charge in [-0.25, -0.2) is 0 Å². The molecule has 24 heavy (non-hydrogen) atoms. The van der Waals surface area contributed by atoms with Crippen molar-refractivity contribution in [3.8, 4) is 5.75 Å². The molecule has 128 valence electrons. The summed E-state index contributed by atoms with van der Waals surface area (Å²) in [4.78, 5) is 24.2. The van der Waals surface area contributed by atoms with Gasteiger partial charge in [0.2, 0.25) is 5.91 Å². The molecule has 0 aliphatic heterocycles. The zero-order chi connectivity index (χ0) is 17.5. The maximum absolute atomic E-state index is 12.1. The van der Waals surface area contributed by atoms with Gasteiger partial charge >= 0.3 is 5.97 Å². The smallest absolute Gasteiger partial charge is 0.304 e. The summed E-state index contributed by atoms with van der Waals surface area (Å²) in [7, 11) is 3.41. The highest BCUT2D eigenvalue weighted by molar-refractivity contribution is 7.99. The van der Waals surface area contributed by atoms with E-state index in [1.807, 2.05) is 30.3 Å². The molecule has 1 N–H and O–H groups in total. The first kappa shape index (κ1) is 18.1. The van der Waals surface area contributed by atoms with Crippen LogP contribution in [0.15, 0.2) is 36.4 Å². The number of amides is 1. The van der Waals surface area contributed by atoms with Crippen LogP contribution in [0.5, 0.6) is 5.75 Å². The highest BCUT2D eigenvalue weighted by Gasteiger charge is 2.10. The van der Waals surface area contributed by atoms with Crippen molar-refractivity contribution >= 4 is 34.4 Å². The Morgan fingerprint density at radius 3 is 2.58 bits per heavy atom. The minimum atomic E-state index is -0.837. The van der Waals surface area contributed by atoms with E-state index in [2.05, 4.69) is 6.07 Å². The number of methoxy groups -OCH3 is 1. The summed E-state index contributed by atoms with van der Waals surface area (Å²) in [5.41, 5.74) is 1.05. The van der Waals surface area contributed by atoms with E-state index in [1.165, 1.54) is 11.8 Å². The molecule has 0 saturated heterocycles. The molecule has 0 fully saturated rings. The molecule has 0 unspecified atom stereocenters. The van der Waals surface area contributed by atoms with Crippen molar-refractivity contribution in [3.05, 3.63) is 42.0 Å². The van der Waals surface area contributed by atoms with Crippen LogP contribution in [-0.4, -0.2) is 47.5 Å². The Kier molecular flexibility index (Phi) is 6.49. The van der Waals surface area contributed by atoms with Gasteiger partial charge in [0.1, 0.15) is 5.75 Å². The van der Waals surface area contributed by atoms with E-state index in [-0.39, 0.29) is 12.3 Å². The summed E-state index contributed by atoms with van der Waals surface area (Å²) in [6.45, 7) is 0.528. The standard InChI is InChI=1S/C18H21NO4S/c1-19(17(20)12-24-8-7-18(21)22)11-13-3-4-15-10-16(23-2)6-5-14(15)9-13/h3-6,9-10H,7-8,11-12H2,1-2H3,(H,21,22). The number of carboxylic acid groups (broad SMARTS) is 1. The summed E-state index contributed by atoms with van der Waals surface area (Å²) in [6.07, 6.45) is 0.0792. The van der Waals surface area contributed by atoms with Crippen LogP contribution in [0, 0.1) is 0 Å². The van der Waals surface area contributed by atoms with Crippen LogP contribution in [-0.2, 0) is 16.1 Å². The lowest BCUT2D eigenvalue weighted by Crippen LogP contribution is -2.28. The molecule has 0 heterocycles. The maximum atomic E-state index is 12.1. The molecule has 0 atom stereocenters. The normalized spacial score (nSPS) is 10.6. The second kappa shape index (κ2) is 8.59. The number of benzene rings is 2. The van der Waals surface area contributed by atoms with Crippen molar-refractivity contribution in [2.75, 3.05) is 25.7 Å². The van der Waals surface area contributed by atoms with Gasteiger partial charge < -0.3 is 14.7 Å². The molecular weight excluding hydrogens is 326 g/mol. The number of hydrogen-bond donors (Lipinski definition) is 1. The minimum absolute atomic E-state index is 0.000201. The second-order valence-electron chi connectivity index (χ2n) is 5.49. The fraction of sp³-hybridized carbons (Fsp3) is 0.333. The lowest BCUT2D eigenvalue weighted by molar-refractivity contribution is -0.136. The van der Waals surface area contributed by atoms with Crippen molar-refractivity contribution in [2.45, 2.75) is 13.0 Å². The molecular formula is C18H21NO4S. The number of carbonyl (C=O) groups excluding carboxylic acids is 1. The molecule has 0 aliphatic rings. The van der Waals surface area contributed by atoms with Gasteiger partial charge in [-0.3, -0.25) is 9.59 Å². The molecule has 0 aliphatic carbocycles. The Bertz CT molecular complexity index is 732. The Hall–Kier alpha value is -2.21. The van der Waals surface area contributed by atoms with Gasteiger partial charge in [0, 0.05) is 19.3 Å². The fourth-order valence-corrected chi connectivity index (χ4v) is 3.15. The van der Waals surface area contributed by atoms with E-state index in [9.17, 15) is 9.59 Å². The van der Waals surface area contributed by atoms with E-state index in [0.717, 1.165) is 22.1 Å². The number of hydrogen-bond acceptors (Lipinski definition) is 4. The third kappa shape index (κ3) is 5.16. The van der Waals surface area contributed by atoms with Crippen LogP contribution in [0.3, 0.4) is 0 Å². The summed E-state index contributed by atoms with van der Waals surface area (Å²) in [5.74, 6) is 0.735. The molecule has 0 aromatic heterocycles. The van der Waals surface area contributed by atoms with E-state index in [4.69, 9.17) is 9.84 Å². The number of nitrogens with zero attached hydrogens (tertiary/aromatic N) is 1. The predicted molar refractivity (Wildman–Crippen MR) is 96.6 cm³/mol. The van der Waals surface area contributed by atoms with Crippen LogP contribution >= 0.6 is 11.8 Å². The zero-order valence-corrected chi connectivity index (χ0v) is 14.6. The molecule has 0 spiro atoms. The zero-order valence-electron chi connectivity index (χ0n) is 13.8. The van der Waals surface area contributed by atoms with E-state index >= 15 is 0 Å². The van der Waals surface area contributed by atoms with Crippen LogP contribution in [0.1, 0.15) is 12.0 Å². The van der Waals surface area contributed by atoms with Crippen molar-refractivity contribution in [2.24, 2.45) is 0 Å². The highest BCUT2D eigenvalue weighted by atomic mass is 32.2. The lowest BCUT2D eigenvalue weighted by Gasteiger charge is -2.17. The molecule has 2 aromatic rings. The average Bonchev–Trinajstić information content (AvgIpc) is 2.57. The van der Waals surface area contributed by atoms with E-state index < -0.39 is 5.97 Å². The second-order valence-corrected chi connectivity index (χ2v) is 6.60. The Balaban J connectivity index is 1.93. The maximum Gasteiger partial charge on any atom is 0.304 e. The van der Waals surface area contributed by atoms with E-state index in [1.54, 1.807) is 19.1 Å². The SMILES string of the molecule is COc1ccc2cc(CN(C)C(=O)CSCCC(=O)O)ccc2c1. The summed E-state index contributed by atoms with van der Waals surface area (Å²) < 4.78 is 5.22. The number of fused-ring (bicyclic) bond motifs is 1. The number of carboxylic acids is 1. The summed E-state index contributed by atoms with van der Waals surface area (Å²) in [6, 6.07) is 12.0. The van der Waals surface area contributed by atoms with Crippen molar-refractivity contribution in [1.82, 2.24) is 4.90 Å². The summed E-state index contributed by atoms with van der Waals surface area (Å²) in [5, 5.41) is 10.8. The van der Waals surface area contributed by atoms with Gasteiger partial charge in [-0.1, -0.05) is 18.2 Å². The third-order valence-corrected chi connectivity index (χ3v) is 4.59. The van der Waals surface area contributed by atoms with E-state index in [0.29, 0.717) is 18.1 Å². The molecule has 5 nitrogen and oxygen atoms in total. The first-order chi connectivity index (χ1) is 11.5. The van der Waals surface area contributed by atoms with Crippen LogP contribution in [0.25, 0.3) is 10.8 Å². The number of rotatable bonds is 8. The highest BCUT2D eigenvalue weighted by Crippen LogP contribution is 2.22. The molecule has 1 amide bonds. The van der Waals surface area contributed by atoms with Crippen molar-refractivity contribution < 1.29 is 19.4 Å². The molecule has 2 rings (SSSR count). The average molecular weight is 347 g/mol. The van der Waals surface area contributed by atoms with Gasteiger partial charge in [0.15, 0.2) is 0 Å². The minimum Gasteiger partial charge on any atom is -0.497 e. The fourth-order valence-electron chi connectivity index (χ4n) is 2.29. The predicted octanol–water partition coefficient (Wildman–Crippen LogP) is 3.01. The summed E-state index contributed by atoms with van der Waals surface area (Å²) >= 11 is 1.35. The number of carbonyl (C=O) groups is 2. The molecule has 0 bridgehead atoms. The van der Waals surface area contributed by atoms with Gasteiger partial charge in [0.05, 0.1) is 19.3 Å². The number of ether oxygens (including phenoxy) is 1. The first-order valence-electron chi connectivity index (χ1n) is 7.60. The monoisotopic (exact) mass is 347 g/mol. The molecule has 2 aromatic carbocycles. The molecule has 6 heteroatoms. The quantitative estimate of drug-likeness (QED) is 0.744. The van der Waals surface area contributed by atoms with Crippen molar-refractivity contribution in [3.63, 3.8) is 0 Å². The lowest BCUT2D eigenvalue weighted by atomic mass is 10.1. The van der Waals surface area contributed by atoms with Gasteiger partial charge in [-0.05, 0) is 34.5 Å². The van der Waals surface area contributed by atoms with Gasteiger partial charge in [-0.2, -0.15) is 11.8 Å². The van der Waals surface area contributed by atoms with Crippen LogP contribution in [0.2, 0.25) is 0 Å². The van der Waals surface area contributed by atoms with Gasteiger partial charge in [-0.15, -0.1) is 0 Å². The Labute approximate surface area is 145 Å².